The van der Waals surface area contributed by atoms with Gasteiger partial charge >= 0.3 is 12.1 Å². The molecule has 0 rings (SSSR count). The van der Waals surface area contributed by atoms with Crippen LogP contribution in [0.25, 0.3) is 0 Å². The fourth-order valence-electron chi connectivity index (χ4n) is 0.896. The van der Waals surface area contributed by atoms with E-state index in [-0.39, 0.29) is 6.42 Å². The van der Waals surface area contributed by atoms with Crippen molar-refractivity contribution < 1.29 is 27.9 Å². The minimum atomic E-state index is -4.33. The first kappa shape index (κ1) is 16.1. The molecule has 1 unspecified atom stereocenters. The van der Waals surface area contributed by atoms with Crippen molar-refractivity contribution in [1.29, 1.82) is 0 Å². The van der Waals surface area contributed by atoms with E-state index < -0.39 is 35.1 Å². The van der Waals surface area contributed by atoms with Crippen LogP contribution >= 0.6 is 11.8 Å². The molecule has 1 atom stereocenters. The molecule has 0 aliphatic carbocycles. The number of hydrogen-bond acceptors (Lipinski definition) is 3. The Morgan fingerprint density at radius 2 is 1.88 bits per heavy atom. The van der Waals surface area contributed by atoms with Gasteiger partial charge in [-0.25, -0.2) is 4.79 Å². The molecular formula is C9H14F3NO3S. The van der Waals surface area contributed by atoms with Crippen LogP contribution in [0.5, 0.6) is 0 Å². The Balaban J connectivity index is 4.14. The van der Waals surface area contributed by atoms with Crippen LogP contribution in [0, 0.1) is 0 Å². The molecule has 1 amide bonds. The summed E-state index contributed by atoms with van der Waals surface area (Å²) < 4.78 is 35.4. The molecule has 8 heteroatoms. The number of carbonyl (C=O) groups is 2. The third kappa shape index (κ3) is 6.40. The first-order valence-corrected chi connectivity index (χ1v) is 5.95. The first-order valence-electron chi connectivity index (χ1n) is 4.79. The Kier molecular flexibility index (Phi) is 5.80. The molecule has 0 aromatic carbocycles. The van der Waals surface area contributed by atoms with Gasteiger partial charge in [0.2, 0.25) is 5.91 Å². The maximum atomic E-state index is 11.8. The van der Waals surface area contributed by atoms with Crippen LogP contribution in [-0.2, 0) is 9.59 Å². The Morgan fingerprint density at radius 1 is 1.35 bits per heavy atom. The van der Waals surface area contributed by atoms with E-state index in [4.69, 9.17) is 5.11 Å². The molecule has 0 bridgehead atoms. The van der Waals surface area contributed by atoms with Gasteiger partial charge in [0.05, 0.1) is 11.5 Å². The van der Waals surface area contributed by atoms with Gasteiger partial charge in [0.1, 0.15) is 5.54 Å². The summed E-state index contributed by atoms with van der Waals surface area (Å²) in [6, 6.07) is 0. The van der Waals surface area contributed by atoms with E-state index in [1.54, 1.807) is 6.92 Å². The van der Waals surface area contributed by atoms with Gasteiger partial charge in [-0.1, -0.05) is 6.92 Å². The fourth-order valence-corrected chi connectivity index (χ4v) is 1.49. The van der Waals surface area contributed by atoms with E-state index >= 15 is 0 Å². The summed E-state index contributed by atoms with van der Waals surface area (Å²) in [5.74, 6) is -3.47. The third-order valence-electron chi connectivity index (χ3n) is 2.09. The molecule has 0 fully saturated rings. The molecule has 0 saturated heterocycles. The second kappa shape index (κ2) is 6.13. The molecule has 0 heterocycles. The quantitative estimate of drug-likeness (QED) is 0.772. The number of halogens is 3. The Bertz CT molecular complexity index is 296. The topological polar surface area (TPSA) is 66.4 Å². The maximum Gasteiger partial charge on any atom is 0.397 e. The minimum Gasteiger partial charge on any atom is -0.480 e. The van der Waals surface area contributed by atoms with E-state index in [1.807, 2.05) is 0 Å². The number of carboxylic acid groups (broad SMARTS) is 1. The van der Waals surface area contributed by atoms with Crippen molar-refractivity contribution >= 4 is 23.6 Å². The molecular weight excluding hydrogens is 259 g/mol. The van der Waals surface area contributed by atoms with Gasteiger partial charge in [0, 0.05) is 0 Å². The summed E-state index contributed by atoms with van der Waals surface area (Å²) in [5, 5.41) is 11.0. The van der Waals surface area contributed by atoms with Crippen LogP contribution in [0.2, 0.25) is 0 Å². The predicted molar refractivity (Wildman–Crippen MR) is 57.9 cm³/mol. The summed E-state index contributed by atoms with van der Waals surface area (Å²) in [4.78, 5) is 22.1. The van der Waals surface area contributed by atoms with Crippen LogP contribution in [0.15, 0.2) is 0 Å². The normalized spacial score (nSPS) is 15.1. The van der Waals surface area contributed by atoms with Crippen molar-refractivity contribution in [3.8, 4) is 0 Å². The van der Waals surface area contributed by atoms with Gasteiger partial charge in [-0.15, -0.1) is 11.8 Å². The molecule has 4 nitrogen and oxygen atoms in total. The Morgan fingerprint density at radius 3 is 2.24 bits per heavy atom. The lowest BCUT2D eigenvalue weighted by Gasteiger charge is -2.24. The zero-order chi connectivity index (χ0) is 13.7. The summed E-state index contributed by atoms with van der Waals surface area (Å²) in [7, 11) is 0. The van der Waals surface area contributed by atoms with Gasteiger partial charge in [0.25, 0.3) is 0 Å². The molecule has 100 valence electrons. The number of carbonyl (C=O) groups excluding carboxylic acids is 1. The fraction of sp³-hybridized carbons (Fsp3) is 0.778. The van der Waals surface area contributed by atoms with Crippen LogP contribution in [0.3, 0.4) is 0 Å². The van der Waals surface area contributed by atoms with Crippen LogP contribution < -0.4 is 5.32 Å². The predicted octanol–water partition coefficient (Wildman–Crippen LogP) is 1.65. The minimum absolute atomic E-state index is 0.151. The van der Waals surface area contributed by atoms with Crippen LogP contribution in [0.4, 0.5) is 13.2 Å². The molecule has 0 radical (unpaired) electrons. The molecule has 17 heavy (non-hydrogen) atoms. The number of rotatable bonds is 6. The monoisotopic (exact) mass is 273 g/mol. The molecule has 2 N–H and O–H groups in total. The second-order valence-corrected chi connectivity index (χ2v) is 4.63. The van der Waals surface area contributed by atoms with Crippen molar-refractivity contribution in [2.75, 3.05) is 11.5 Å². The van der Waals surface area contributed by atoms with Crippen molar-refractivity contribution in [2.24, 2.45) is 0 Å². The highest BCUT2D eigenvalue weighted by Gasteiger charge is 2.33. The zero-order valence-corrected chi connectivity index (χ0v) is 10.2. The van der Waals surface area contributed by atoms with E-state index in [0.717, 1.165) is 0 Å². The van der Waals surface area contributed by atoms with Crippen LogP contribution in [0.1, 0.15) is 20.3 Å². The highest BCUT2D eigenvalue weighted by Crippen LogP contribution is 2.21. The molecule has 0 aromatic heterocycles. The molecule has 0 aliphatic heterocycles. The smallest absolute Gasteiger partial charge is 0.397 e. The summed E-state index contributed by atoms with van der Waals surface area (Å²) >= 11 is 0.401. The largest absolute Gasteiger partial charge is 0.480 e. The van der Waals surface area contributed by atoms with Crippen molar-refractivity contribution in [3.63, 3.8) is 0 Å². The van der Waals surface area contributed by atoms with Gasteiger partial charge in [0.15, 0.2) is 0 Å². The van der Waals surface area contributed by atoms with Crippen molar-refractivity contribution in [2.45, 2.75) is 32.0 Å². The maximum absolute atomic E-state index is 11.8. The van der Waals surface area contributed by atoms with Crippen molar-refractivity contribution in [3.05, 3.63) is 0 Å². The summed E-state index contributed by atoms with van der Waals surface area (Å²) in [6.07, 6.45) is -4.18. The van der Waals surface area contributed by atoms with Crippen molar-refractivity contribution in [1.82, 2.24) is 5.32 Å². The Hall–Kier alpha value is -0.920. The Labute approximate surface area is 101 Å². The molecule has 0 aromatic rings. The van der Waals surface area contributed by atoms with E-state index in [2.05, 4.69) is 5.32 Å². The van der Waals surface area contributed by atoms with E-state index in [9.17, 15) is 22.8 Å². The number of aliphatic carboxylic acids is 1. The van der Waals surface area contributed by atoms with E-state index in [1.165, 1.54) is 6.92 Å². The highest BCUT2D eigenvalue weighted by molar-refractivity contribution is 8.00. The lowest BCUT2D eigenvalue weighted by atomic mass is 9.99. The van der Waals surface area contributed by atoms with E-state index in [0.29, 0.717) is 11.8 Å². The first-order chi connectivity index (χ1) is 7.60. The lowest BCUT2D eigenvalue weighted by molar-refractivity contribution is -0.146. The standard InChI is InChI=1S/C9H14F3NO3S/c1-3-8(2,7(15)16)13-6(14)4-17-5-9(10,11)12/h3-5H2,1-2H3,(H,13,14)(H,15,16). The SMILES string of the molecule is CCC(C)(NC(=O)CSCC(F)(F)F)C(=O)O. The highest BCUT2D eigenvalue weighted by atomic mass is 32.2. The number of alkyl halides is 3. The van der Waals surface area contributed by atoms with Crippen LogP contribution in [-0.4, -0.2) is 40.2 Å². The summed E-state index contributed by atoms with van der Waals surface area (Å²) in [5.41, 5.74) is -1.43. The molecule has 0 spiro atoms. The molecule has 0 aliphatic rings. The lowest BCUT2D eigenvalue weighted by Crippen LogP contribution is -2.52. The molecule has 0 saturated carbocycles. The number of thioether (sulfide) groups is 1. The van der Waals surface area contributed by atoms with Gasteiger partial charge < -0.3 is 10.4 Å². The van der Waals surface area contributed by atoms with Gasteiger partial charge in [-0.3, -0.25) is 4.79 Å². The summed E-state index contributed by atoms with van der Waals surface area (Å²) in [6.45, 7) is 2.87. The second-order valence-electron chi connectivity index (χ2n) is 3.65. The third-order valence-corrected chi connectivity index (χ3v) is 3.09. The average Bonchev–Trinajstić information content (AvgIpc) is 2.15. The number of hydrogen-bond donors (Lipinski definition) is 2. The average molecular weight is 273 g/mol. The zero-order valence-electron chi connectivity index (χ0n) is 9.43. The number of nitrogens with one attached hydrogen (secondary N) is 1. The number of carboxylic acids is 1. The number of amides is 1. The van der Waals surface area contributed by atoms with Gasteiger partial charge in [-0.05, 0) is 13.3 Å². The van der Waals surface area contributed by atoms with Gasteiger partial charge in [-0.2, -0.15) is 13.2 Å².